The highest BCUT2D eigenvalue weighted by atomic mass is 35.5. The Labute approximate surface area is 114 Å². The van der Waals surface area contributed by atoms with Gasteiger partial charge >= 0.3 is 6.18 Å². The summed E-state index contributed by atoms with van der Waals surface area (Å²) in [6.07, 6.45) is -2.56. The number of alkyl halides is 3. The molecule has 0 aliphatic heterocycles. The highest BCUT2D eigenvalue weighted by Crippen LogP contribution is 2.38. The first-order valence-electron chi connectivity index (χ1n) is 6.11. The summed E-state index contributed by atoms with van der Waals surface area (Å²) in [7, 11) is 0. The van der Waals surface area contributed by atoms with Crippen LogP contribution in [0.3, 0.4) is 0 Å². The molecule has 0 saturated heterocycles. The summed E-state index contributed by atoms with van der Waals surface area (Å²) in [5.74, 6) is 0.0833. The quantitative estimate of drug-likeness (QED) is 0.896. The molecule has 1 aliphatic rings. The number of nitrogens with two attached hydrogens (primary N) is 1. The molecule has 0 aromatic heterocycles. The van der Waals surface area contributed by atoms with Crippen molar-refractivity contribution in [1.82, 2.24) is 0 Å². The molecule has 0 radical (unpaired) electrons. The summed E-state index contributed by atoms with van der Waals surface area (Å²) in [5, 5.41) is 9.66. The Kier molecular flexibility index (Phi) is 4.08. The zero-order chi connectivity index (χ0) is 14.2. The van der Waals surface area contributed by atoms with E-state index < -0.39 is 23.9 Å². The van der Waals surface area contributed by atoms with E-state index in [1.54, 1.807) is 0 Å². The minimum absolute atomic E-state index is 0.0833. The lowest BCUT2D eigenvalue weighted by Gasteiger charge is -2.34. The molecular weight excluding hydrogens is 279 g/mol. The topological polar surface area (TPSA) is 46.2 Å². The maximum atomic E-state index is 12.7. The van der Waals surface area contributed by atoms with Gasteiger partial charge in [-0.15, -0.1) is 0 Å². The van der Waals surface area contributed by atoms with Crippen molar-refractivity contribution in [1.29, 1.82) is 0 Å². The van der Waals surface area contributed by atoms with E-state index in [4.69, 9.17) is 17.3 Å². The van der Waals surface area contributed by atoms with Crippen LogP contribution in [0.2, 0.25) is 5.02 Å². The normalized spacial score (nSPS) is 19.9. The third kappa shape index (κ3) is 3.04. The van der Waals surface area contributed by atoms with Crippen LogP contribution in [-0.4, -0.2) is 11.2 Å². The minimum Gasteiger partial charge on any atom is -0.391 e. The lowest BCUT2D eigenvalue weighted by atomic mass is 9.77. The van der Waals surface area contributed by atoms with E-state index in [1.165, 1.54) is 12.1 Å². The van der Waals surface area contributed by atoms with Crippen molar-refractivity contribution in [3.63, 3.8) is 0 Å². The Balaban J connectivity index is 2.24. The summed E-state index contributed by atoms with van der Waals surface area (Å²) in [6, 6.07) is 2.72. The van der Waals surface area contributed by atoms with E-state index in [1.807, 2.05) is 0 Å². The van der Waals surface area contributed by atoms with Gasteiger partial charge in [-0.05, 0) is 36.5 Å². The van der Waals surface area contributed by atoms with Crippen LogP contribution in [-0.2, 0) is 6.18 Å². The largest absolute Gasteiger partial charge is 0.417 e. The first kappa shape index (κ1) is 14.6. The van der Waals surface area contributed by atoms with Gasteiger partial charge < -0.3 is 10.8 Å². The van der Waals surface area contributed by atoms with E-state index in [0.717, 1.165) is 25.3 Å². The Morgan fingerprint density at radius 3 is 2.42 bits per heavy atom. The van der Waals surface area contributed by atoms with Crippen LogP contribution in [0.5, 0.6) is 0 Å². The second-order valence-electron chi connectivity index (χ2n) is 4.94. The molecular formula is C13H15ClF3NO. The van der Waals surface area contributed by atoms with Gasteiger partial charge in [-0.25, -0.2) is 0 Å². The first-order valence-corrected chi connectivity index (χ1v) is 6.49. The second kappa shape index (κ2) is 5.31. The second-order valence-corrected chi connectivity index (χ2v) is 5.35. The molecule has 1 aromatic rings. The van der Waals surface area contributed by atoms with Crippen LogP contribution < -0.4 is 5.73 Å². The SMILES string of the molecule is N[C@H](c1ccc(Cl)c(C(F)(F)F)c1)[C@@H](O)C1CCC1. The third-order valence-electron chi connectivity index (χ3n) is 3.68. The van der Waals surface area contributed by atoms with Crippen LogP contribution in [0.15, 0.2) is 18.2 Å². The molecule has 0 heterocycles. The molecule has 3 N–H and O–H groups in total. The monoisotopic (exact) mass is 293 g/mol. The van der Waals surface area contributed by atoms with Crippen molar-refractivity contribution in [2.24, 2.45) is 11.7 Å². The number of benzene rings is 1. The van der Waals surface area contributed by atoms with Crippen LogP contribution in [0.4, 0.5) is 13.2 Å². The molecule has 2 atom stereocenters. The van der Waals surface area contributed by atoms with Crippen molar-refractivity contribution in [3.8, 4) is 0 Å². The molecule has 0 unspecified atom stereocenters. The van der Waals surface area contributed by atoms with Gasteiger partial charge in [-0.2, -0.15) is 13.2 Å². The molecule has 1 saturated carbocycles. The maximum Gasteiger partial charge on any atom is 0.417 e. The van der Waals surface area contributed by atoms with E-state index in [0.29, 0.717) is 0 Å². The summed E-state index contributed by atoms with van der Waals surface area (Å²) < 4.78 is 38.2. The van der Waals surface area contributed by atoms with Crippen molar-refractivity contribution >= 4 is 11.6 Å². The summed E-state index contributed by atoms with van der Waals surface area (Å²) in [5.41, 5.74) is 5.20. The van der Waals surface area contributed by atoms with Gasteiger partial charge in [-0.1, -0.05) is 24.1 Å². The Hall–Kier alpha value is -0.780. The zero-order valence-electron chi connectivity index (χ0n) is 10.1. The van der Waals surface area contributed by atoms with Crippen LogP contribution in [0, 0.1) is 5.92 Å². The molecule has 1 fully saturated rings. The highest BCUT2D eigenvalue weighted by molar-refractivity contribution is 6.31. The molecule has 2 rings (SSSR count). The smallest absolute Gasteiger partial charge is 0.391 e. The number of hydrogen-bond donors (Lipinski definition) is 2. The summed E-state index contributed by atoms with van der Waals surface area (Å²) in [6.45, 7) is 0. The average Bonchev–Trinajstić information content (AvgIpc) is 2.24. The Morgan fingerprint density at radius 1 is 1.32 bits per heavy atom. The third-order valence-corrected chi connectivity index (χ3v) is 4.01. The lowest BCUT2D eigenvalue weighted by Crippen LogP contribution is -2.36. The molecule has 19 heavy (non-hydrogen) atoms. The fourth-order valence-electron chi connectivity index (χ4n) is 2.24. The highest BCUT2D eigenvalue weighted by Gasteiger charge is 2.35. The van der Waals surface area contributed by atoms with E-state index in [-0.39, 0.29) is 16.5 Å². The molecule has 2 nitrogen and oxygen atoms in total. The lowest BCUT2D eigenvalue weighted by molar-refractivity contribution is -0.137. The molecule has 0 spiro atoms. The van der Waals surface area contributed by atoms with Crippen molar-refractivity contribution < 1.29 is 18.3 Å². The zero-order valence-corrected chi connectivity index (χ0v) is 10.9. The number of halogens is 4. The number of aliphatic hydroxyl groups excluding tert-OH is 1. The van der Waals surface area contributed by atoms with Crippen LogP contribution in [0.1, 0.15) is 36.4 Å². The van der Waals surface area contributed by atoms with Gasteiger partial charge in [0, 0.05) is 0 Å². The Bertz CT molecular complexity index is 460. The first-order chi connectivity index (χ1) is 8.80. The predicted molar refractivity (Wildman–Crippen MR) is 66.7 cm³/mol. The molecule has 0 bridgehead atoms. The Morgan fingerprint density at radius 2 is 1.95 bits per heavy atom. The maximum absolute atomic E-state index is 12.7. The van der Waals surface area contributed by atoms with Crippen molar-refractivity contribution in [3.05, 3.63) is 34.3 Å². The minimum atomic E-state index is -4.52. The standard InChI is InChI=1S/C13H15ClF3NO/c14-10-5-4-8(6-9(10)13(15,16)17)11(18)12(19)7-2-1-3-7/h4-7,11-12,19H,1-3,18H2/t11-,12+/m1/s1. The molecule has 1 aliphatic carbocycles. The van der Waals surface area contributed by atoms with E-state index in [9.17, 15) is 18.3 Å². The van der Waals surface area contributed by atoms with Crippen molar-refractivity contribution in [2.75, 3.05) is 0 Å². The van der Waals surface area contributed by atoms with Crippen LogP contribution in [0.25, 0.3) is 0 Å². The fourth-order valence-corrected chi connectivity index (χ4v) is 2.46. The van der Waals surface area contributed by atoms with Gasteiger partial charge in [-0.3, -0.25) is 0 Å². The summed E-state index contributed by atoms with van der Waals surface area (Å²) >= 11 is 5.54. The van der Waals surface area contributed by atoms with Crippen LogP contribution >= 0.6 is 11.6 Å². The molecule has 6 heteroatoms. The van der Waals surface area contributed by atoms with E-state index in [2.05, 4.69) is 0 Å². The van der Waals surface area contributed by atoms with Gasteiger partial charge in [0.1, 0.15) is 0 Å². The number of hydrogen-bond acceptors (Lipinski definition) is 2. The molecule has 1 aromatic carbocycles. The van der Waals surface area contributed by atoms with Gasteiger partial charge in [0.15, 0.2) is 0 Å². The average molecular weight is 294 g/mol. The fraction of sp³-hybridized carbons (Fsp3) is 0.538. The van der Waals surface area contributed by atoms with Gasteiger partial charge in [0.05, 0.1) is 22.7 Å². The van der Waals surface area contributed by atoms with Gasteiger partial charge in [0.25, 0.3) is 0 Å². The number of rotatable bonds is 3. The summed E-state index contributed by atoms with van der Waals surface area (Å²) in [4.78, 5) is 0. The van der Waals surface area contributed by atoms with Gasteiger partial charge in [0.2, 0.25) is 0 Å². The molecule has 106 valence electrons. The molecule has 0 amide bonds. The van der Waals surface area contributed by atoms with E-state index >= 15 is 0 Å². The predicted octanol–water partition coefficient (Wildman–Crippen LogP) is 3.52. The van der Waals surface area contributed by atoms with Crippen molar-refractivity contribution in [2.45, 2.75) is 37.6 Å². The number of aliphatic hydroxyl groups is 1.